The highest BCUT2D eigenvalue weighted by molar-refractivity contribution is 7.89. The van der Waals surface area contributed by atoms with Gasteiger partial charge < -0.3 is 14.9 Å². The van der Waals surface area contributed by atoms with E-state index in [4.69, 9.17) is 0 Å². The minimum atomic E-state index is -3.67. The average Bonchev–Trinajstić information content (AvgIpc) is 2.83. The van der Waals surface area contributed by atoms with Gasteiger partial charge in [-0.1, -0.05) is 18.2 Å². The Labute approximate surface area is 194 Å². The number of carbonyl (C=O) groups excluding carboxylic acids is 2. The second-order valence-corrected chi connectivity index (χ2v) is 10.2. The minimum Gasteiger partial charge on any atom is -0.507 e. The van der Waals surface area contributed by atoms with Crippen LogP contribution in [0.3, 0.4) is 0 Å². The fraction of sp³-hybridized carbons (Fsp3) is 0.417. The highest BCUT2D eigenvalue weighted by atomic mass is 32.2. The van der Waals surface area contributed by atoms with Crippen molar-refractivity contribution in [2.45, 2.75) is 37.0 Å². The normalized spacial score (nSPS) is 16.4. The molecule has 2 aromatic rings. The molecule has 2 aliphatic rings. The van der Waals surface area contributed by atoms with Crippen molar-refractivity contribution in [1.29, 1.82) is 0 Å². The number of carbonyl (C=O) groups is 2. The first-order valence-corrected chi connectivity index (χ1v) is 12.8. The number of rotatable bonds is 6. The van der Waals surface area contributed by atoms with Crippen LogP contribution < -0.4 is 4.72 Å². The Kier molecular flexibility index (Phi) is 6.99. The second-order valence-electron chi connectivity index (χ2n) is 8.48. The molecule has 0 atom stereocenters. The maximum Gasteiger partial charge on any atom is 0.257 e. The zero-order chi connectivity index (χ0) is 23.4. The number of phenols is 1. The van der Waals surface area contributed by atoms with Crippen LogP contribution in [0.25, 0.3) is 0 Å². The number of hydrogen-bond donors (Lipinski definition) is 2. The Morgan fingerprint density at radius 1 is 0.909 bits per heavy atom. The molecule has 1 saturated heterocycles. The molecule has 2 aromatic carbocycles. The van der Waals surface area contributed by atoms with Gasteiger partial charge in [0, 0.05) is 39.1 Å². The third-order valence-electron chi connectivity index (χ3n) is 6.32. The molecule has 9 heteroatoms. The van der Waals surface area contributed by atoms with Gasteiger partial charge in [-0.05, 0) is 61.1 Å². The molecule has 1 aliphatic carbocycles. The van der Waals surface area contributed by atoms with Gasteiger partial charge in [-0.25, -0.2) is 13.1 Å². The third-order valence-corrected chi connectivity index (χ3v) is 7.77. The number of aromatic hydroxyl groups is 1. The van der Waals surface area contributed by atoms with E-state index < -0.39 is 10.0 Å². The van der Waals surface area contributed by atoms with Crippen molar-refractivity contribution in [2.24, 2.45) is 0 Å². The molecule has 33 heavy (non-hydrogen) atoms. The lowest BCUT2D eigenvalue weighted by Crippen LogP contribution is -2.51. The first kappa shape index (κ1) is 23.3. The Hall–Kier alpha value is -2.91. The van der Waals surface area contributed by atoms with Crippen LogP contribution in [0.15, 0.2) is 47.4 Å². The van der Waals surface area contributed by atoms with Crippen molar-refractivity contribution in [3.05, 3.63) is 59.2 Å². The summed E-state index contributed by atoms with van der Waals surface area (Å²) >= 11 is 0. The van der Waals surface area contributed by atoms with Crippen molar-refractivity contribution in [3.63, 3.8) is 0 Å². The number of nitrogens with zero attached hydrogens (tertiary/aromatic N) is 2. The molecular weight excluding hydrogens is 442 g/mol. The van der Waals surface area contributed by atoms with Crippen LogP contribution >= 0.6 is 0 Å². The van der Waals surface area contributed by atoms with E-state index in [-0.39, 0.29) is 41.0 Å². The number of amides is 2. The number of phenolic OH excluding ortho intramolecular Hbond substituents is 1. The molecule has 1 fully saturated rings. The number of nitrogens with one attached hydrogen (secondary N) is 1. The molecule has 0 saturated carbocycles. The first-order chi connectivity index (χ1) is 15.8. The summed E-state index contributed by atoms with van der Waals surface area (Å²) in [6.07, 6.45) is 4.15. The molecule has 1 heterocycles. The minimum absolute atomic E-state index is 0.0231. The Bertz CT molecular complexity index is 1140. The van der Waals surface area contributed by atoms with Gasteiger partial charge in [0.25, 0.3) is 5.91 Å². The lowest BCUT2D eigenvalue weighted by Gasteiger charge is -2.35. The number of hydrogen-bond acceptors (Lipinski definition) is 5. The summed E-state index contributed by atoms with van der Waals surface area (Å²) in [7, 11) is -3.67. The van der Waals surface area contributed by atoms with Crippen LogP contribution in [0.2, 0.25) is 0 Å². The Balaban J connectivity index is 1.26. The summed E-state index contributed by atoms with van der Waals surface area (Å²) in [5.74, 6) is -0.483. The van der Waals surface area contributed by atoms with Crippen LogP contribution in [-0.4, -0.2) is 67.9 Å². The van der Waals surface area contributed by atoms with E-state index in [1.165, 1.54) is 11.6 Å². The molecule has 0 spiro atoms. The van der Waals surface area contributed by atoms with Crippen molar-refractivity contribution in [3.8, 4) is 5.75 Å². The standard InChI is InChI=1S/C24H29N3O5S/c28-22-8-4-3-7-21(22)24(30)27-15-13-26(14-16-27)23(29)11-12-25-33(31,32)20-10-9-18-5-1-2-6-19(18)17-20/h3-4,7-10,17,25,28H,1-2,5-6,11-16H2. The molecule has 8 nitrogen and oxygen atoms in total. The van der Waals surface area contributed by atoms with E-state index in [9.17, 15) is 23.1 Å². The molecule has 2 amide bonds. The Morgan fingerprint density at radius 2 is 1.58 bits per heavy atom. The quantitative estimate of drug-likeness (QED) is 0.670. The third kappa shape index (κ3) is 5.36. The summed E-state index contributed by atoms with van der Waals surface area (Å²) in [6.45, 7) is 1.49. The van der Waals surface area contributed by atoms with E-state index in [0.717, 1.165) is 31.2 Å². The van der Waals surface area contributed by atoms with Gasteiger partial charge >= 0.3 is 0 Å². The Morgan fingerprint density at radius 3 is 2.30 bits per heavy atom. The van der Waals surface area contributed by atoms with Gasteiger partial charge in [0.15, 0.2) is 0 Å². The highest BCUT2D eigenvalue weighted by Gasteiger charge is 2.26. The summed E-state index contributed by atoms with van der Waals surface area (Å²) in [4.78, 5) is 28.6. The zero-order valence-corrected chi connectivity index (χ0v) is 19.3. The average molecular weight is 472 g/mol. The predicted octanol–water partition coefficient (Wildman–Crippen LogP) is 1.92. The molecule has 0 unspecified atom stereocenters. The SMILES string of the molecule is O=C(CCNS(=O)(=O)c1ccc2c(c1)CCCC2)N1CCN(C(=O)c2ccccc2O)CC1. The van der Waals surface area contributed by atoms with E-state index >= 15 is 0 Å². The van der Waals surface area contributed by atoms with E-state index in [0.29, 0.717) is 26.2 Å². The van der Waals surface area contributed by atoms with Crippen LogP contribution in [-0.2, 0) is 27.7 Å². The van der Waals surface area contributed by atoms with Gasteiger partial charge in [0.2, 0.25) is 15.9 Å². The maximum atomic E-state index is 12.7. The van der Waals surface area contributed by atoms with Gasteiger partial charge in [0.05, 0.1) is 10.5 Å². The molecule has 0 aromatic heterocycles. The summed E-state index contributed by atoms with van der Waals surface area (Å²) in [5, 5.41) is 9.89. The van der Waals surface area contributed by atoms with E-state index in [1.807, 2.05) is 6.07 Å². The molecule has 0 radical (unpaired) electrons. The van der Waals surface area contributed by atoms with Gasteiger partial charge in [-0.3, -0.25) is 9.59 Å². The van der Waals surface area contributed by atoms with Gasteiger partial charge in [-0.2, -0.15) is 0 Å². The predicted molar refractivity (Wildman–Crippen MR) is 123 cm³/mol. The number of sulfonamides is 1. The number of para-hydroxylation sites is 1. The molecule has 4 rings (SSSR count). The van der Waals surface area contributed by atoms with Crippen molar-refractivity contribution < 1.29 is 23.1 Å². The maximum absolute atomic E-state index is 12.7. The van der Waals surface area contributed by atoms with Gasteiger partial charge in [-0.15, -0.1) is 0 Å². The second kappa shape index (κ2) is 9.93. The van der Waals surface area contributed by atoms with Crippen LogP contribution in [0.5, 0.6) is 5.75 Å². The highest BCUT2D eigenvalue weighted by Crippen LogP contribution is 2.24. The van der Waals surface area contributed by atoms with Crippen LogP contribution in [0, 0.1) is 0 Å². The van der Waals surface area contributed by atoms with Crippen molar-refractivity contribution in [1.82, 2.24) is 14.5 Å². The summed E-state index contributed by atoms with van der Waals surface area (Å²) < 4.78 is 27.8. The fourth-order valence-corrected chi connectivity index (χ4v) is 5.48. The number of fused-ring (bicyclic) bond motifs is 1. The van der Waals surface area contributed by atoms with Crippen LogP contribution in [0.1, 0.15) is 40.7 Å². The van der Waals surface area contributed by atoms with Crippen LogP contribution in [0.4, 0.5) is 0 Å². The number of piperazine rings is 1. The topological polar surface area (TPSA) is 107 Å². The zero-order valence-electron chi connectivity index (χ0n) is 18.5. The van der Waals surface area contributed by atoms with Gasteiger partial charge in [0.1, 0.15) is 5.75 Å². The molecule has 2 N–H and O–H groups in total. The molecule has 0 bridgehead atoms. The largest absolute Gasteiger partial charge is 0.507 e. The lowest BCUT2D eigenvalue weighted by atomic mass is 9.92. The molecular formula is C24H29N3O5S. The van der Waals surface area contributed by atoms with E-state index in [1.54, 1.807) is 40.1 Å². The number of aryl methyl sites for hydroxylation is 2. The molecule has 176 valence electrons. The van der Waals surface area contributed by atoms with Crippen molar-refractivity contribution in [2.75, 3.05) is 32.7 Å². The summed E-state index contributed by atoms with van der Waals surface area (Å²) in [6, 6.07) is 11.7. The van der Waals surface area contributed by atoms with E-state index in [2.05, 4.69) is 4.72 Å². The number of benzene rings is 2. The first-order valence-electron chi connectivity index (χ1n) is 11.3. The monoisotopic (exact) mass is 471 g/mol. The summed E-state index contributed by atoms with van der Waals surface area (Å²) in [5.41, 5.74) is 2.56. The fourth-order valence-electron chi connectivity index (χ4n) is 4.39. The lowest BCUT2D eigenvalue weighted by molar-refractivity contribution is -0.132. The smallest absolute Gasteiger partial charge is 0.257 e. The van der Waals surface area contributed by atoms with Crippen molar-refractivity contribution >= 4 is 21.8 Å². The molecule has 1 aliphatic heterocycles.